The van der Waals surface area contributed by atoms with E-state index in [-0.39, 0.29) is 219 Å². The highest BCUT2D eigenvalue weighted by molar-refractivity contribution is 7.52. The van der Waals surface area contributed by atoms with Crippen molar-refractivity contribution in [1.82, 2.24) is 55.9 Å². The molecule has 3 heterocycles. The molecule has 12 N–H and O–H groups in total. The van der Waals surface area contributed by atoms with Crippen molar-refractivity contribution >= 4 is 90.4 Å². The van der Waals surface area contributed by atoms with Crippen molar-refractivity contribution in [2.45, 2.75) is 115 Å². The summed E-state index contributed by atoms with van der Waals surface area (Å²) in [5.41, 5.74) is 4.13. The first kappa shape index (κ1) is 93.3. The monoisotopic (exact) mass is 1600 g/mol. The van der Waals surface area contributed by atoms with Gasteiger partial charge in [0.25, 0.3) is 0 Å². The number of hydrogen-bond acceptors (Lipinski definition) is 25. The fourth-order valence-corrected chi connectivity index (χ4v) is 13.6. The molecule has 5 amide bonds. The van der Waals surface area contributed by atoms with Gasteiger partial charge in [-0.05, 0) is 56.6 Å². The van der Waals surface area contributed by atoms with Crippen molar-refractivity contribution in [2.24, 2.45) is 11.8 Å². The van der Waals surface area contributed by atoms with Gasteiger partial charge in [-0.1, -0.05) is 54.1 Å². The predicted octanol–water partition coefficient (Wildman–Crippen LogP) is 1.03. The summed E-state index contributed by atoms with van der Waals surface area (Å²) >= 11 is 0. The number of aromatic nitrogens is 3. The third-order valence-electron chi connectivity index (χ3n) is 18.1. The molecule has 0 bridgehead atoms. The number of carbonyl (C=O) groups is 13. The summed E-state index contributed by atoms with van der Waals surface area (Å²) in [7, 11) is -4.51. The zero-order chi connectivity index (χ0) is 81.8. The third kappa shape index (κ3) is 37.4. The van der Waals surface area contributed by atoms with E-state index in [2.05, 4.69) is 31.6 Å². The average Bonchev–Trinajstić information content (AvgIpc) is 1.68. The standard InChI is InChI=1S/C72H107N12O27P/c85-54(44-51(70(99)100)16-18-61(88)76-57(72(103)104)14-8-35-111-112(105,106)50-53(71(101)102)17-21-64(91)92)11-2-1-7-23-73-60(87)22-36-107-38-40-109-42-43-110-41-39-108-37-25-75-59(86)19-20-63(90)83-45-52-10-3-4-12-55(52)69-68(56-13-5-6-15-58(56)83)77-78-84(69)26-9-24-74-62(89)46-79-27-29-80(47-65(93)94)31-33-82(49-67(97)98)34-32-81(30-28-79)48-66(95)96/h3-6,10,12-13,15,51,53,57H,1-2,7-9,11,14,16-50H2,(H,73,87)(H,74,89)(H,75,86)(H,76,88)(H,91,92)(H,93,94)(H,95,96)(H,97,98)(H,99,100)(H,101,102)(H,103,104)(H,105,106)/t51-,53?,57+/m1/s1. The van der Waals surface area contributed by atoms with E-state index in [0.717, 1.165) is 16.8 Å². The Bertz CT molecular complexity index is 3590. The van der Waals surface area contributed by atoms with Gasteiger partial charge in [0.2, 0.25) is 29.5 Å². The number of amides is 5. The van der Waals surface area contributed by atoms with E-state index in [0.29, 0.717) is 68.8 Å². The van der Waals surface area contributed by atoms with Gasteiger partial charge in [0, 0.05) is 135 Å². The summed E-state index contributed by atoms with van der Waals surface area (Å²) in [5.74, 6) is -13.7. The van der Waals surface area contributed by atoms with Crippen LogP contribution in [0.3, 0.4) is 0 Å². The van der Waals surface area contributed by atoms with Gasteiger partial charge in [-0.2, -0.15) is 0 Å². The molecule has 0 saturated carbocycles. The smallest absolute Gasteiger partial charge is 0.328 e. The zero-order valence-electron chi connectivity index (χ0n) is 62.9. The van der Waals surface area contributed by atoms with Crippen LogP contribution in [0.4, 0.5) is 5.69 Å². The second-order valence-corrected chi connectivity index (χ2v) is 28.8. The van der Waals surface area contributed by atoms with Crippen LogP contribution in [0, 0.1) is 11.8 Å². The normalized spacial score (nSPS) is 15.2. The average molecular weight is 1600 g/mol. The summed E-state index contributed by atoms with van der Waals surface area (Å²) in [6.07, 6.45) is -1.32. The highest BCUT2D eigenvalue weighted by Gasteiger charge is 2.33. The maximum Gasteiger partial charge on any atom is 0.328 e. The van der Waals surface area contributed by atoms with Crippen LogP contribution in [0.1, 0.15) is 102 Å². The van der Waals surface area contributed by atoms with E-state index in [4.69, 9.17) is 28.6 Å². The lowest BCUT2D eigenvalue weighted by Gasteiger charge is -2.32. The molecule has 40 heteroatoms. The molecule has 0 spiro atoms. The lowest BCUT2D eigenvalue weighted by atomic mass is 9.94. The van der Waals surface area contributed by atoms with Gasteiger partial charge in [0.1, 0.15) is 17.5 Å². The minimum atomic E-state index is -4.51. The van der Waals surface area contributed by atoms with Crippen molar-refractivity contribution < 1.29 is 131 Å². The molecule has 0 radical (unpaired) electrons. The topological polar surface area (TPSA) is 542 Å². The Kier molecular flexibility index (Phi) is 42.8. The molecule has 4 atom stereocenters. The summed E-state index contributed by atoms with van der Waals surface area (Å²) in [6, 6.07) is 13.5. The van der Waals surface area contributed by atoms with E-state index in [1.54, 1.807) is 24.3 Å². The Morgan fingerprint density at radius 3 is 1.56 bits per heavy atom. The minimum absolute atomic E-state index is 0.0378. The number of ether oxygens (including phenoxy) is 4. The van der Waals surface area contributed by atoms with E-state index >= 15 is 0 Å². The molecule has 39 nitrogen and oxygen atoms in total. The Morgan fingerprint density at radius 2 is 0.982 bits per heavy atom. The first-order chi connectivity index (χ1) is 53.6. The van der Waals surface area contributed by atoms with Gasteiger partial charge in [-0.15, -0.1) is 5.10 Å². The van der Waals surface area contributed by atoms with E-state index in [1.807, 2.05) is 53.4 Å². The van der Waals surface area contributed by atoms with Gasteiger partial charge in [0.15, 0.2) is 0 Å². The fraction of sp³-hybridized carbons (Fsp3) is 0.625. The van der Waals surface area contributed by atoms with Gasteiger partial charge in [-0.3, -0.25) is 81.7 Å². The Labute approximate surface area is 647 Å². The van der Waals surface area contributed by atoms with E-state index < -0.39 is 105 Å². The number of unbranched alkanes of at least 4 members (excludes halogenated alkanes) is 2. The van der Waals surface area contributed by atoms with Crippen molar-refractivity contribution in [3.63, 3.8) is 0 Å². The van der Waals surface area contributed by atoms with Crippen molar-refractivity contribution in [2.75, 3.05) is 169 Å². The summed E-state index contributed by atoms with van der Waals surface area (Å²) in [4.78, 5) is 178. The number of carbonyl (C=O) groups excluding carboxylic acids is 6. The highest BCUT2D eigenvalue weighted by Crippen LogP contribution is 2.45. The van der Waals surface area contributed by atoms with Crippen LogP contribution in [-0.4, -0.2) is 322 Å². The fourth-order valence-electron chi connectivity index (χ4n) is 12.2. The van der Waals surface area contributed by atoms with Crippen molar-refractivity contribution in [1.29, 1.82) is 0 Å². The molecule has 1 saturated heterocycles. The summed E-state index contributed by atoms with van der Waals surface area (Å²) in [5, 5.41) is 86.0. The number of carboxylic acids is 7. The second-order valence-electron chi connectivity index (χ2n) is 26.9. The number of aryl methyl sites for hydroxylation is 1. The molecular weight excluding hydrogens is 1500 g/mol. The minimum Gasteiger partial charge on any atom is -0.481 e. The quantitative estimate of drug-likeness (QED) is 0.0277. The van der Waals surface area contributed by atoms with Crippen LogP contribution in [-0.2, 0) is 103 Å². The number of nitrogens with zero attached hydrogens (tertiary/aromatic N) is 8. The zero-order valence-corrected chi connectivity index (χ0v) is 63.8. The SMILES string of the molecule is O=C(O)CCC(CP(=O)(O)OCCC[C@H](NC(=O)CC[C@H](CC(=O)CCCCCNC(=O)CCOCCOCCOCCOCCNC(=O)CCC(=O)N1Cc2ccccc2-c2c(nnn2CCCNC(=O)CN2CCN(CC(=O)O)CCN(CC(=O)O)CCN(CC(=O)O)CC2)-c2ccccc21)C(=O)O)C(=O)O)C(=O)O. The number of benzene rings is 2. The molecule has 622 valence electrons. The van der Waals surface area contributed by atoms with Crippen LogP contribution in [0.5, 0.6) is 0 Å². The van der Waals surface area contributed by atoms with E-state index in [1.165, 1.54) is 0 Å². The number of anilines is 1. The van der Waals surface area contributed by atoms with Gasteiger partial charge >= 0.3 is 49.4 Å². The molecule has 3 aromatic rings. The second kappa shape index (κ2) is 51.4. The molecule has 112 heavy (non-hydrogen) atoms. The number of ketones is 1. The molecule has 1 fully saturated rings. The number of carboxylic acid groups (broad SMARTS) is 7. The summed E-state index contributed by atoms with van der Waals surface area (Å²) < 4.78 is 41.2. The Morgan fingerprint density at radius 1 is 0.464 bits per heavy atom. The molecule has 0 aliphatic carbocycles. The van der Waals surface area contributed by atoms with Gasteiger partial charge in [0.05, 0.1) is 122 Å². The molecule has 2 unspecified atom stereocenters. The highest BCUT2D eigenvalue weighted by atomic mass is 31.2. The van der Waals surface area contributed by atoms with Crippen LogP contribution in [0.25, 0.3) is 22.5 Å². The number of nitrogens with one attached hydrogen (secondary N) is 4. The van der Waals surface area contributed by atoms with Crippen molar-refractivity contribution in [3.8, 4) is 22.5 Å². The molecule has 2 aliphatic rings. The maximum absolute atomic E-state index is 14.1. The molecule has 2 aliphatic heterocycles. The first-order valence-electron chi connectivity index (χ1n) is 37.3. The van der Waals surface area contributed by atoms with E-state index in [9.17, 15) is 102 Å². The molecule has 1 aromatic heterocycles. The van der Waals surface area contributed by atoms with Gasteiger partial charge in [-0.25, -0.2) is 9.48 Å². The van der Waals surface area contributed by atoms with Crippen LogP contribution in [0.2, 0.25) is 0 Å². The van der Waals surface area contributed by atoms with Crippen LogP contribution < -0.4 is 26.2 Å². The third-order valence-corrected chi connectivity index (χ3v) is 19.6. The van der Waals surface area contributed by atoms with Crippen LogP contribution >= 0.6 is 7.60 Å². The number of hydrogen-bond donors (Lipinski definition) is 12. The molecule has 2 aromatic carbocycles. The number of fused-ring (bicyclic) bond motifs is 5. The molecular formula is C72H107N12O27P. The maximum atomic E-state index is 14.1. The van der Waals surface area contributed by atoms with Crippen molar-refractivity contribution in [3.05, 3.63) is 54.1 Å². The van der Waals surface area contributed by atoms with Crippen LogP contribution in [0.15, 0.2) is 48.5 Å². The number of rotatable bonds is 55. The lowest BCUT2D eigenvalue weighted by molar-refractivity contribution is -0.145. The Balaban J connectivity index is 0.889. The largest absolute Gasteiger partial charge is 0.481 e. The number of Topliss-reactive ketones (excluding diaryl/α,β-unsaturated/α-hetero) is 1. The predicted molar refractivity (Wildman–Crippen MR) is 397 cm³/mol. The van der Waals surface area contributed by atoms with Gasteiger partial charge < -0.3 is 90.3 Å². The lowest BCUT2D eigenvalue weighted by Crippen LogP contribution is -2.49. The first-order valence-corrected chi connectivity index (χ1v) is 39.1. The number of para-hydroxylation sites is 1. The Hall–Kier alpha value is -9.28. The molecule has 5 rings (SSSR count). The summed E-state index contributed by atoms with van der Waals surface area (Å²) in [6.45, 7) is 4.08. The number of aliphatic carboxylic acids is 7.